The Hall–Kier alpha value is -0.830. The number of aryl methyl sites for hydroxylation is 2. The van der Waals surface area contributed by atoms with Crippen LogP contribution in [0.3, 0.4) is 0 Å². The molecule has 3 nitrogen and oxygen atoms in total. The van der Waals surface area contributed by atoms with Gasteiger partial charge in [0.25, 0.3) is 0 Å². The Morgan fingerprint density at radius 1 is 1.53 bits per heavy atom. The molecule has 0 saturated heterocycles. The molecule has 0 aromatic carbocycles. The lowest BCUT2D eigenvalue weighted by atomic mass is 9.72. The molecule has 0 radical (unpaired) electrons. The van der Waals surface area contributed by atoms with Gasteiger partial charge < -0.3 is 5.73 Å². The second-order valence-corrected chi connectivity index (χ2v) is 7.03. The summed E-state index contributed by atoms with van der Waals surface area (Å²) in [5.74, 6) is 1.60. The van der Waals surface area contributed by atoms with E-state index in [2.05, 4.69) is 31.9 Å². The van der Waals surface area contributed by atoms with E-state index in [-0.39, 0.29) is 5.54 Å². The first kappa shape index (κ1) is 14.6. The monoisotopic (exact) mass is 263 g/mol. The van der Waals surface area contributed by atoms with Gasteiger partial charge in [-0.1, -0.05) is 26.7 Å². The van der Waals surface area contributed by atoms with Crippen molar-refractivity contribution in [3.8, 4) is 0 Å². The van der Waals surface area contributed by atoms with Crippen molar-refractivity contribution in [2.45, 2.75) is 64.8 Å². The van der Waals surface area contributed by atoms with Crippen LogP contribution in [-0.4, -0.2) is 15.3 Å². The van der Waals surface area contributed by atoms with E-state index in [1.807, 2.05) is 11.7 Å². The molecule has 19 heavy (non-hydrogen) atoms. The van der Waals surface area contributed by atoms with E-state index in [1.54, 1.807) is 0 Å². The van der Waals surface area contributed by atoms with Crippen LogP contribution in [0.5, 0.6) is 0 Å². The van der Waals surface area contributed by atoms with Crippen molar-refractivity contribution in [1.82, 2.24) is 9.78 Å². The van der Waals surface area contributed by atoms with Gasteiger partial charge in [0, 0.05) is 24.7 Å². The molecule has 2 unspecified atom stereocenters. The van der Waals surface area contributed by atoms with Crippen molar-refractivity contribution in [3.63, 3.8) is 0 Å². The normalized spacial score (nSPS) is 28.0. The van der Waals surface area contributed by atoms with Gasteiger partial charge in [-0.3, -0.25) is 4.68 Å². The van der Waals surface area contributed by atoms with Crippen LogP contribution in [0.4, 0.5) is 0 Å². The topological polar surface area (TPSA) is 43.8 Å². The molecule has 2 N–H and O–H groups in total. The lowest BCUT2D eigenvalue weighted by Crippen LogP contribution is -2.46. The van der Waals surface area contributed by atoms with E-state index in [4.69, 9.17) is 5.73 Å². The summed E-state index contributed by atoms with van der Waals surface area (Å²) in [5.41, 5.74) is 9.05. The average molecular weight is 263 g/mol. The second-order valence-electron chi connectivity index (χ2n) is 7.03. The fraction of sp³-hybridized carbons (Fsp3) is 0.812. The van der Waals surface area contributed by atoms with Crippen LogP contribution >= 0.6 is 0 Å². The fourth-order valence-corrected chi connectivity index (χ4v) is 3.74. The molecular weight excluding hydrogens is 234 g/mol. The van der Waals surface area contributed by atoms with Gasteiger partial charge in [-0.15, -0.1) is 0 Å². The number of rotatable bonds is 4. The molecule has 2 atom stereocenters. The highest BCUT2D eigenvalue weighted by molar-refractivity contribution is 5.13. The first-order chi connectivity index (χ1) is 8.88. The molecule has 2 rings (SSSR count). The third-order valence-corrected chi connectivity index (χ3v) is 4.42. The summed E-state index contributed by atoms with van der Waals surface area (Å²) in [6.07, 6.45) is 7.27. The maximum atomic E-state index is 6.69. The van der Waals surface area contributed by atoms with Crippen LogP contribution in [-0.2, 0) is 13.5 Å². The summed E-state index contributed by atoms with van der Waals surface area (Å²) in [7, 11) is 2.03. The summed E-state index contributed by atoms with van der Waals surface area (Å²) in [6, 6.07) is 2.18. The second kappa shape index (κ2) is 5.66. The highest BCUT2D eigenvalue weighted by Crippen LogP contribution is 2.36. The molecule has 1 aliphatic rings. The minimum Gasteiger partial charge on any atom is -0.325 e. The Morgan fingerprint density at radius 3 is 2.84 bits per heavy atom. The van der Waals surface area contributed by atoms with E-state index < -0.39 is 0 Å². The number of nitrogens with two attached hydrogens (primary N) is 1. The van der Waals surface area contributed by atoms with Crippen molar-refractivity contribution in [3.05, 3.63) is 17.5 Å². The number of aromatic nitrogens is 2. The van der Waals surface area contributed by atoms with Crippen LogP contribution in [0, 0.1) is 18.8 Å². The summed E-state index contributed by atoms with van der Waals surface area (Å²) >= 11 is 0. The highest BCUT2D eigenvalue weighted by Gasteiger charge is 2.33. The van der Waals surface area contributed by atoms with Crippen LogP contribution in [0.1, 0.15) is 57.3 Å². The highest BCUT2D eigenvalue weighted by atomic mass is 15.3. The third-order valence-electron chi connectivity index (χ3n) is 4.42. The lowest BCUT2D eigenvalue weighted by molar-refractivity contribution is 0.198. The third kappa shape index (κ3) is 3.82. The Balaban J connectivity index is 2.03. The van der Waals surface area contributed by atoms with E-state index in [9.17, 15) is 0 Å². The van der Waals surface area contributed by atoms with Crippen molar-refractivity contribution >= 4 is 0 Å². The van der Waals surface area contributed by atoms with Crippen molar-refractivity contribution in [1.29, 1.82) is 0 Å². The zero-order chi connectivity index (χ0) is 14.0. The van der Waals surface area contributed by atoms with Gasteiger partial charge in [-0.2, -0.15) is 5.10 Å². The van der Waals surface area contributed by atoms with Gasteiger partial charge in [0.15, 0.2) is 0 Å². The first-order valence-electron chi connectivity index (χ1n) is 7.66. The molecule has 1 heterocycles. The van der Waals surface area contributed by atoms with Crippen molar-refractivity contribution in [2.75, 3.05) is 0 Å². The van der Waals surface area contributed by atoms with Gasteiger partial charge in [0.1, 0.15) is 0 Å². The molecule has 108 valence electrons. The molecule has 1 aromatic rings. The molecular formula is C16H29N3. The molecule has 3 heteroatoms. The van der Waals surface area contributed by atoms with Gasteiger partial charge in [0.05, 0.1) is 5.69 Å². The molecule has 1 aliphatic carbocycles. The minimum absolute atomic E-state index is 0.0158. The quantitative estimate of drug-likeness (QED) is 0.906. The van der Waals surface area contributed by atoms with E-state index in [0.29, 0.717) is 0 Å². The number of hydrogen-bond donors (Lipinski definition) is 1. The molecule has 1 fully saturated rings. The SMILES string of the molecule is Cc1cc(CC2(N)CCCC(CC(C)C)C2)n(C)n1. The smallest absolute Gasteiger partial charge is 0.0596 e. The largest absolute Gasteiger partial charge is 0.325 e. The van der Waals surface area contributed by atoms with Crippen LogP contribution in [0.15, 0.2) is 6.07 Å². The van der Waals surface area contributed by atoms with Gasteiger partial charge in [0.2, 0.25) is 0 Å². The standard InChI is InChI=1S/C16H29N3/c1-12(2)8-14-6-5-7-16(17,10-14)11-15-9-13(3)18-19(15)4/h9,12,14H,5-8,10-11,17H2,1-4H3. The summed E-state index contributed by atoms with van der Waals surface area (Å²) in [5, 5.41) is 4.44. The Labute approximate surface area is 117 Å². The predicted molar refractivity (Wildman–Crippen MR) is 80.0 cm³/mol. The summed E-state index contributed by atoms with van der Waals surface area (Å²) in [4.78, 5) is 0. The lowest BCUT2D eigenvalue weighted by Gasteiger charge is -2.38. The van der Waals surface area contributed by atoms with Crippen LogP contribution in [0.25, 0.3) is 0 Å². The zero-order valence-electron chi connectivity index (χ0n) is 12.9. The zero-order valence-corrected chi connectivity index (χ0v) is 12.9. The maximum absolute atomic E-state index is 6.69. The Bertz CT molecular complexity index is 422. The van der Waals surface area contributed by atoms with Crippen LogP contribution in [0.2, 0.25) is 0 Å². The molecule has 0 bridgehead atoms. The van der Waals surface area contributed by atoms with E-state index in [0.717, 1.165) is 30.4 Å². The minimum atomic E-state index is -0.0158. The van der Waals surface area contributed by atoms with Gasteiger partial charge in [-0.25, -0.2) is 0 Å². The molecule has 1 aromatic heterocycles. The Kier molecular flexibility index (Phi) is 4.34. The van der Waals surface area contributed by atoms with Crippen molar-refractivity contribution in [2.24, 2.45) is 24.6 Å². The number of hydrogen-bond acceptors (Lipinski definition) is 2. The van der Waals surface area contributed by atoms with Gasteiger partial charge >= 0.3 is 0 Å². The van der Waals surface area contributed by atoms with E-state index in [1.165, 1.54) is 31.4 Å². The number of nitrogens with zero attached hydrogens (tertiary/aromatic N) is 2. The summed E-state index contributed by atoms with van der Waals surface area (Å²) < 4.78 is 2.00. The molecule has 0 aliphatic heterocycles. The average Bonchev–Trinajstić information content (AvgIpc) is 2.55. The van der Waals surface area contributed by atoms with E-state index >= 15 is 0 Å². The molecule has 1 saturated carbocycles. The summed E-state index contributed by atoms with van der Waals surface area (Å²) in [6.45, 7) is 6.68. The molecule has 0 amide bonds. The van der Waals surface area contributed by atoms with Crippen LogP contribution < -0.4 is 5.73 Å². The van der Waals surface area contributed by atoms with Crippen molar-refractivity contribution < 1.29 is 0 Å². The first-order valence-corrected chi connectivity index (χ1v) is 7.66. The predicted octanol–water partition coefficient (Wildman–Crippen LogP) is 3.20. The Morgan fingerprint density at radius 2 is 2.26 bits per heavy atom. The fourth-order valence-electron chi connectivity index (χ4n) is 3.74. The molecule has 0 spiro atoms. The maximum Gasteiger partial charge on any atom is 0.0596 e. The van der Waals surface area contributed by atoms with Gasteiger partial charge in [-0.05, 0) is 44.1 Å².